The summed E-state index contributed by atoms with van der Waals surface area (Å²) in [6, 6.07) is 6.91. The molecule has 3 N–H and O–H groups in total. The van der Waals surface area contributed by atoms with Crippen molar-refractivity contribution in [2.75, 3.05) is 29.7 Å². The average Bonchev–Trinajstić information content (AvgIpc) is 2.47. The number of esters is 1. The van der Waals surface area contributed by atoms with Crippen LogP contribution in [0.5, 0.6) is 0 Å². The van der Waals surface area contributed by atoms with Crippen molar-refractivity contribution in [2.24, 2.45) is 5.73 Å². The molecule has 0 spiro atoms. The number of benzene rings is 1. The summed E-state index contributed by atoms with van der Waals surface area (Å²) in [5, 5.41) is 2.85. The predicted molar refractivity (Wildman–Crippen MR) is 88.8 cm³/mol. The van der Waals surface area contributed by atoms with E-state index in [-0.39, 0.29) is 11.7 Å². The molecule has 21 heavy (non-hydrogen) atoms. The highest BCUT2D eigenvalue weighted by Crippen LogP contribution is 2.24. The van der Waals surface area contributed by atoms with Gasteiger partial charge in [0, 0.05) is 10.6 Å². The molecule has 0 saturated heterocycles. The third-order valence-electron chi connectivity index (χ3n) is 2.50. The van der Waals surface area contributed by atoms with Crippen LogP contribution in [-0.4, -0.2) is 42.3 Å². The maximum atomic E-state index is 11.9. The number of rotatable bonds is 8. The number of anilines is 1. The summed E-state index contributed by atoms with van der Waals surface area (Å²) in [4.78, 5) is 24.2. The van der Waals surface area contributed by atoms with Crippen LogP contribution in [0.1, 0.15) is 6.92 Å². The van der Waals surface area contributed by atoms with Gasteiger partial charge in [-0.25, -0.2) is 0 Å². The Morgan fingerprint density at radius 3 is 2.76 bits per heavy atom. The molecule has 0 bridgehead atoms. The minimum absolute atomic E-state index is 0.113. The molecule has 1 aromatic rings. The molecule has 0 radical (unpaired) electrons. The van der Waals surface area contributed by atoms with Crippen molar-refractivity contribution in [2.45, 2.75) is 17.9 Å². The summed E-state index contributed by atoms with van der Waals surface area (Å²) in [6.45, 7) is 2.04. The topological polar surface area (TPSA) is 81.4 Å². The maximum Gasteiger partial charge on any atom is 0.323 e. The summed E-state index contributed by atoms with van der Waals surface area (Å²) in [7, 11) is 0. The second kappa shape index (κ2) is 9.70. The molecule has 7 heteroatoms. The van der Waals surface area contributed by atoms with E-state index < -0.39 is 12.0 Å². The Kier molecular flexibility index (Phi) is 8.26. The lowest BCUT2D eigenvalue weighted by molar-refractivity contribution is -0.144. The quantitative estimate of drug-likeness (QED) is 0.561. The van der Waals surface area contributed by atoms with Gasteiger partial charge in [0.25, 0.3) is 0 Å². The minimum Gasteiger partial charge on any atom is -0.465 e. The molecule has 116 valence electrons. The summed E-state index contributed by atoms with van der Waals surface area (Å²) in [5.74, 6) is 0.0578. The molecule has 1 aromatic carbocycles. The molecule has 0 aliphatic rings. The number of para-hydroxylation sites is 1. The Balaban J connectivity index is 2.36. The van der Waals surface area contributed by atoms with Gasteiger partial charge in [0.15, 0.2) is 0 Å². The molecule has 1 unspecified atom stereocenters. The molecule has 5 nitrogen and oxygen atoms in total. The second-order valence-corrected chi connectivity index (χ2v) is 6.00. The van der Waals surface area contributed by atoms with Crippen LogP contribution < -0.4 is 11.1 Å². The first-order valence-corrected chi connectivity index (χ1v) is 8.89. The van der Waals surface area contributed by atoms with E-state index >= 15 is 0 Å². The van der Waals surface area contributed by atoms with Crippen molar-refractivity contribution in [1.82, 2.24) is 0 Å². The molecule has 0 aliphatic heterocycles. The first kappa shape index (κ1) is 17.9. The Bertz CT molecular complexity index is 483. The molecular formula is C14H20N2O3S2. The maximum absolute atomic E-state index is 11.9. The van der Waals surface area contributed by atoms with E-state index in [0.717, 1.165) is 10.6 Å². The smallest absolute Gasteiger partial charge is 0.323 e. The summed E-state index contributed by atoms with van der Waals surface area (Å²) >= 11 is 2.88. The van der Waals surface area contributed by atoms with E-state index in [1.165, 1.54) is 11.8 Å². The van der Waals surface area contributed by atoms with Gasteiger partial charge >= 0.3 is 5.97 Å². The van der Waals surface area contributed by atoms with Gasteiger partial charge in [0.05, 0.1) is 18.0 Å². The lowest BCUT2D eigenvalue weighted by atomic mass is 10.3. The van der Waals surface area contributed by atoms with Crippen LogP contribution in [0, 0.1) is 0 Å². The molecule has 1 atom stereocenters. The highest BCUT2D eigenvalue weighted by molar-refractivity contribution is 8.00. The monoisotopic (exact) mass is 328 g/mol. The fraction of sp³-hybridized carbons (Fsp3) is 0.429. The van der Waals surface area contributed by atoms with Crippen molar-refractivity contribution in [3.63, 3.8) is 0 Å². The molecule has 0 fully saturated rings. The van der Waals surface area contributed by atoms with Gasteiger partial charge in [-0.15, -0.1) is 23.5 Å². The van der Waals surface area contributed by atoms with Gasteiger partial charge in [-0.05, 0) is 25.3 Å². The van der Waals surface area contributed by atoms with Gasteiger partial charge in [-0.1, -0.05) is 12.1 Å². The highest BCUT2D eigenvalue weighted by atomic mass is 32.2. The van der Waals surface area contributed by atoms with E-state index in [1.54, 1.807) is 18.7 Å². The van der Waals surface area contributed by atoms with E-state index in [4.69, 9.17) is 10.5 Å². The fourth-order valence-electron chi connectivity index (χ4n) is 1.53. The number of thioether (sulfide) groups is 2. The summed E-state index contributed by atoms with van der Waals surface area (Å²) in [5.41, 5.74) is 6.45. The number of ether oxygens (including phenoxy) is 1. The van der Waals surface area contributed by atoms with Crippen LogP contribution in [0.2, 0.25) is 0 Å². The molecule has 1 amide bonds. The van der Waals surface area contributed by atoms with E-state index in [2.05, 4.69) is 5.32 Å². The zero-order valence-electron chi connectivity index (χ0n) is 12.1. The Morgan fingerprint density at radius 2 is 2.10 bits per heavy atom. The van der Waals surface area contributed by atoms with Gasteiger partial charge in [0.2, 0.25) is 5.91 Å². The van der Waals surface area contributed by atoms with Crippen molar-refractivity contribution in [3.8, 4) is 0 Å². The van der Waals surface area contributed by atoms with Crippen LogP contribution in [-0.2, 0) is 14.3 Å². The largest absolute Gasteiger partial charge is 0.465 e. The fourth-order valence-corrected chi connectivity index (χ4v) is 2.85. The normalized spacial score (nSPS) is 11.8. The lowest BCUT2D eigenvalue weighted by Crippen LogP contribution is -2.35. The Hall–Kier alpha value is -1.18. The molecule has 0 saturated carbocycles. The number of nitrogens with two attached hydrogens (primary N) is 1. The predicted octanol–water partition coefficient (Wildman–Crippen LogP) is 1.97. The van der Waals surface area contributed by atoms with E-state index in [0.29, 0.717) is 12.4 Å². The van der Waals surface area contributed by atoms with Gasteiger partial charge < -0.3 is 15.8 Å². The number of amides is 1. The van der Waals surface area contributed by atoms with E-state index in [9.17, 15) is 9.59 Å². The minimum atomic E-state index is -0.693. The zero-order chi connectivity index (χ0) is 15.7. The van der Waals surface area contributed by atoms with Crippen molar-refractivity contribution in [3.05, 3.63) is 24.3 Å². The Labute approximate surface area is 133 Å². The number of carbonyl (C=O) groups is 2. The zero-order valence-corrected chi connectivity index (χ0v) is 13.8. The Morgan fingerprint density at radius 1 is 1.38 bits per heavy atom. The van der Waals surface area contributed by atoms with Crippen molar-refractivity contribution in [1.29, 1.82) is 0 Å². The van der Waals surface area contributed by atoms with Crippen LogP contribution in [0.25, 0.3) is 0 Å². The average molecular weight is 328 g/mol. The molecule has 1 rings (SSSR count). The van der Waals surface area contributed by atoms with Crippen LogP contribution >= 0.6 is 23.5 Å². The van der Waals surface area contributed by atoms with E-state index in [1.807, 2.05) is 30.5 Å². The molecule has 0 aromatic heterocycles. The van der Waals surface area contributed by atoms with Gasteiger partial charge in [0.1, 0.15) is 6.04 Å². The van der Waals surface area contributed by atoms with Crippen LogP contribution in [0.4, 0.5) is 5.69 Å². The third kappa shape index (κ3) is 6.41. The standard InChI is InChI=1S/C14H20N2O3S2/c1-3-19-14(18)10(15)8-21-9-13(17)16-11-6-4-5-7-12(11)20-2/h4-7,10H,3,8-9,15H2,1-2H3,(H,16,17). The number of carbonyl (C=O) groups excluding carboxylic acids is 2. The first-order valence-electron chi connectivity index (χ1n) is 6.51. The lowest BCUT2D eigenvalue weighted by Gasteiger charge is -2.11. The first-order chi connectivity index (χ1) is 10.1. The van der Waals surface area contributed by atoms with Gasteiger partial charge in [-0.2, -0.15) is 0 Å². The SMILES string of the molecule is CCOC(=O)C(N)CSCC(=O)Nc1ccccc1SC. The molecule has 0 aliphatic carbocycles. The second-order valence-electron chi connectivity index (χ2n) is 4.12. The summed E-state index contributed by atoms with van der Waals surface area (Å²) < 4.78 is 4.81. The highest BCUT2D eigenvalue weighted by Gasteiger charge is 2.15. The number of hydrogen-bond donors (Lipinski definition) is 2. The molecule has 0 heterocycles. The summed E-state index contributed by atoms with van der Waals surface area (Å²) in [6.07, 6.45) is 1.96. The third-order valence-corrected chi connectivity index (χ3v) is 4.36. The van der Waals surface area contributed by atoms with Crippen molar-refractivity contribution < 1.29 is 14.3 Å². The molecular weight excluding hydrogens is 308 g/mol. The van der Waals surface area contributed by atoms with Crippen LogP contribution in [0.3, 0.4) is 0 Å². The number of hydrogen-bond acceptors (Lipinski definition) is 6. The van der Waals surface area contributed by atoms with Gasteiger partial charge in [-0.3, -0.25) is 9.59 Å². The number of nitrogens with one attached hydrogen (secondary N) is 1. The van der Waals surface area contributed by atoms with Crippen molar-refractivity contribution >= 4 is 41.1 Å². The van der Waals surface area contributed by atoms with Crippen LogP contribution in [0.15, 0.2) is 29.2 Å².